The first-order valence-electron chi connectivity index (χ1n) is 12.2. The number of pyridine rings is 1. The lowest BCUT2D eigenvalue weighted by molar-refractivity contribution is -0.245. The number of hydrogen-bond acceptors (Lipinski definition) is 7. The number of sulfonamides is 1. The second-order valence-corrected chi connectivity index (χ2v) is 11.6. The third kappa shape index (κ3) is 6.61. The van der Waals surface area contributed by atoms with Crippen molar-refractivity contribution in [1.82, 2.24) is 4.98 Å². The molecule has 3 atom stereocenters. The zero-order chi connectivity index (χ0) is 26.4. The lowest BCUT2D eigenvalue weighted by atomic mass is 10.0. The molecule has 1 fully saturated rings. The van der Waals surface area contributed by atoms with E-state index in [4.69, 9.17) is 9.47 Å². The summed E-state index contributed by atoms with van der Waals surface area (Å²) < 4.78 is 40.7. The predicted molar refractivity (Wildman–Crippen MR) is 147 cm³/mol. The van der Waals surface area contributed by atoms with Gasteiger partial charge in [0.2, 0.25) is 0 Å². The zero-order valence-electron chi connectivity index (χ0n) is 20.5. The van der Waals surface area contributed by atoms with E-state index in [0.29, 0.717) is 17.9 Å². The molecule has 1 aromatic heterocycles. The number of ether oxygens (including phenoxy) is 2. The summed E-state index contributed by atoms with van der Waals surface area (Å²) in [5.41, 5.74) is 3.09. The summed E-state index contributed by atoms with van der Waals surface area (Å²) in [6.07, 6.45) is 1.52. The summed E-state index contributed by atoms with van der Waals surface area (Å²) in [5, 5.41) is 10.3. The highest BCUT2D eigenvalue weighted by Gasteiger charge is 2.32. The number of nitrogens with one attached hydrogen (secondary N) is 1. The van der Waals surface area contributed by atoms with Gasteiger partial charge in [-0.05, 0) is 47.5 Å². The molecule has 1 aliphatic heterocycles. The number of nitrogens with zero attached hydrogens (tertiary/aromatic N) is 1. The van der Waals surface area contributed by atoms with Crippen molar-refractivity contribution >= 4 is 27.5 Å². The van der Waals surface area contributed by atoms with Gasteiger partial charge in [-0.3, -0.25) is 4.72 Å². The molecule has 1 aliphatic rings. The van der Waals surface area contributed by atoms with Crippen molar-refractivity contribution in [3.05, 3.63) is 120 Å². The van der Waals surface area contributed by atoms with Gasteiger partial charge < -0.3 is 14.6 Å². The van der Waals surface area contributed by atoms with E-state index in [1.165, 1.54) is 0 Å². The SMILES string of the molecule is O=S(=O)(Nc1ccc([C@@H]2O[C@H](CSc3ccccn3)C[C@H](c3ccc(CO)cc3)O2)cc1)c1ccccc1. The lowest BCUT2D eigenvalue weighted by Gasteiger charge is -2.36. The molecule has 2 heterocycles. The van der Waals surface area contributed by atoms with E-state index >= 15 is 0 Å². The number of thioether (sulfide) groups is 1. The molecule has 1 saturated heterocycles. The normalized spacial score (nSPS) is 19.7. The van der Waals surface area contributed by atoms with Gasteiger partial charge >= 0.3 is 0 Å². The van der Waals surface area contributed by atoms with Crippen molar-refractivity contribution in [2.24, 2.45) is 0 Å². The van der Waals surface area contributed by atoms with Crippen molar-refractivity contribution in [3.8, 4) is 0 Å². The standard InChI is InChI=1S/C29H28N2O5S2/c32-19-21-9-11-22(12-10-21)27-18-25(20-37-28-8-4-5-17-30-28)35-29(36-27)23-13-15-24(16-14-23)31-38(33,34)26-6-2-1-3-7-26/h1-17,25,27,29,31-32H,18-20H2/t25-,27+,29+/m0/s1. The van der Waals surface area contributed by atoms with Gasteiger partial charge in [-0.15, -0.1) is 11.8 Å². The minimum absolute atomic E-state index is 0.0126. The highest BCUT2D eigenvalue weighted by Crippen LogP contribution is 2.39. The van der Waals surface area contributed by atoms with Crippen LogP contribution in [0.5, 0.6) is 0 Å². The topological polar surface area (TPSA) is 97.8 Å². The summed E-state index contributed by atoms with van der Waals surface area (Å²) in [6.45, 7) is -0.0126. The van der Waals surface area contributed by atoms with Crippen molar-refractivity contribution in [3.63, 3.8) is 0 Å². The molecule has 0 bridgehead atoms. The van der Waals surface area contributed by atoms with E-state index in [1.807, 2.05) is 54.6 Å². The van der Waals surface area contributed by atoms with Gasteiger partial charge in [0, 0.05) is 29.6 Å². The summed E-state index contributed by atoms with van der Waals surface area (Å²) in [6, 6.07) is 28.9. The molecule has 9 heteroatoms. The van der Waals surface area contributed by atoms with Crippen LogP contribution in [-0.2, 0) is 26.1 Å². The molecule has 0 aliphatic carbocycles. The van der Waals surface area contributed by atoms with Gasteiger partial charge in [-0.2, -0.15) is 0 Å². The molecule has 196 valence electrons. The molecular weight excluding hydrogens is 520 g/mol. The average molecular weight is 549 g/mol. The van der Waals surface area contributed by atoms with Crippen LogP contribution in [0.15, 0.2) is 113 Å². The number of rotatable bonds is 9. The smallest absolute Gasteiger partial charge is 0.261 e. The van der Waals surface area contributed by atoms with Gasteiger partial charge in [0.05, 0.1) is 28.7 Å². The number of anilines is 1. The van der Waals surface area contributed by atoms with Crippen molar-refractivity contribution in [1.29, 1.82) is 0 Å². The Hall–Kier alpha value is -3.21. The highest BCUT2D eigenvalue weighted by molar-refractivity contribution is 7.99. The first kappa shape index (κ1) is 26.4. The van der Waals surface area contributed by atoms with Crippen molar-refractivity contribution < 1.29 is 23.0 Å². The minimum Gasteiger partial charge on any atom is -0.392 e. The molecule has 3 aromatic carbocycles. The second-order valence-electron chi connectivity index (χ2n) is 8.87. The summed E-state index contributed by atoms with van der Waals surface area (Å²) in [7, 11) is -3.68. The molecule has 5 rings (SSSR count). The molecular formula is C29H28N2O5S2. The zero-order valence-corrected chi connectivity index (χ0v) is 22.1. The van der Waals surface area contributed by atoms with Gasteiger partial charge in [-0.25, -0.2) is 13.4 Å². The fourth-order valence-electron chi connectivity index (χ4n) is 4.16. The molecule has 0 saturated carbocycles. The molecule has 38 heavy (non-hydrogen) atoms. The Kier molecular flexibility index (Phi) is 8.41. The van der Waals surface area contributed by atoms with Crippen molar-refractivity contribution in [2.75, 3.05) is 10.5 Å². The Morgan fingerprint density at radius 3 is 2.26 bits per heavy atom. The largest absolute Gasteiger partial charge is 0.392 e. The fraction of sp³-hybridized carbons (Fsp3) is 0.207. The first-order valence-corrected chi connectivity index (χ1v) is 14.7. The van der Waals surface area contributed by atoms with Crippen LogP contribution in [0.2, 0.25) is 0 Å². The first-order chi connectivity index (χ1) is 18.5. The number of aromatic nitrogens is 1. The predicted octanol–water partition coefficient (Wildman–Crippen LogP) is 5.71. The monoisotopic (exact) mass is 548 g/mol. The summed E-state index contributed by atoms with van der Waals surface area (Å²) in [5.74, 6) is 0.705. The van der Waals surface area contributed by atoms with Crippen molar-refractivity contribution in [2.45, 2.75) is 41.4 Å². The van der Waals surface area contributed by atoms with Crippen LogP contribution in [0.1, 0.15) is 35.5 Å². The molecule has 0 amide bonds. The number of hydrogen-bond donors (Lipinski definition) is 2. The van der Waals surface area contributed by atoms with Gasteiger partial charge in [0.15, 0.2) is 6.29 Å². The van der Waals surface area contributed by atoms with E-state index in [0.717, 1.165) is 21.7 Å². The van der Waals surface area contributed by atoms with Gasteiger partial charge in [0.25, 0.3) is 10.0 Å². The van der Waals surface area contributed by atoms with Crippen LogP contribution in [0, 0.1) is 0 Å². The summed E-state index contributed by atoms with van der Waals surface area (Å²) in [4.78, 5) is 4.59. The minimum atomic E-state index is -3.68. The average Bonchev–Trinajstić information content (AvgIpc) is 2.97. The maximum absolute atomic E-state index is 12.7. The molecule has 2 N–H and O–H groups in total. The third-order valence-corrected chi connectivity index (χ3v) is 8.63. The fourth-order valence-corrected chi connectivity index (χ4v) is 6.12. The Morgan fingerprint density at radius 2 is 1.58 bits per heavy atom. The Bertz CT molecular complexity index is 1420. The molecule has 0 spiro atoms. The van der Waals surface area contributed by atoms with Crippen LogP contribution in [-0.4, -0.2) is 30.4 Å². The maximum Gasteiger partial charge on any atom is 0.261 e. The van der Waals surface area contributed by atoms with E-state index in [2.05, 4.69) is 9.71 Å². The quantitative estimate of drug-likeness (QED) is 0.259. The molecule has 0 unspecified atom stereocenters. The van der Waals surface area contributed by atoms with Crippen LogP contribution in [0.25, 0.3) is 0 Å². The third-order valence-electron chi connectivity index (χ3n) is 6.16. The molecule has 4 aromatic rings. The number of aliphatic hydroxyl groups excluding tert-OH is 1. The van der Waals surface area contributed by atoms with Gasteiger partial charge in [0.1, 0.15) is 0 Å². The maximum atomic E-state index is 12.7. The molecule has 0 radical (unpaired) electrons. The van der Waals surface area contributed by atoms with Crippen LogP contribution in [0.4, 0.5) is 5.69 Å². The Balaban J connectivity index is 1.33. The number of benzene rings is 3. The van der Waals surface area contributed by atoms with Gasteiger partial charge in [-0.1, -0.05) is 60.7 Å². The van der Waals surface area contributed by atoms with Crippen LogP contribution in [0.3, 0.4) is 0 Å². The van der Waals surface area contributed by atoms with Crippen LogP contribution >= 0.6 is 11.8 Å². The Labute approximate surface area is 226 Å². The number of aliphatic hydroxyl groups is 1. The Morgan fingerprint density at radius 1 is 0.868 bits per heavy atom. The highest BCUT2D eigenvalue weighted by atomic mass is 32.2. The molecule has 7 nitrogen and oxygen atoms in total. The van der Waals surface area contributed by atoms with E-state index in [1.54, 1.807) is 60.4 Å². The van der Waals surface area contributed by atoms with Crippen LogP contribution < -0.4 is 4.72 Å². The van der Waals surface area contributed by atoms with E-state index in [-0.39, 0.29) is 23.7 Å². The lowest BCUT2D eigenvalue weighted by Crippen LogP contribution is -2.31. The second kappa shape index (κ2) is 12.1. The summed E-state index contributed by atoms with van der Waals surface area (Å²) >= 11 is 1.63. The van der Waals surface area contributed by atoms with E-state index < -0.39 is 16.3 Å². The van der Waals surface area contributed by atoms with E-state index in [9.17, 15) is 13.5 Å².